The first-order chi connectivity index (χ1) is 6.35. The molecule has 2 rings (SSSR count). The number of hydrogen-bond acceptors (Lipinski definition) is 2. The summed E-state index contributed by atoms with van der Waals surface area (Å²) in [6.07, 6.45) is 1.98. The lowest BCUT2D eigenvalue weighted by atomic mass is 10.3. The van der Waals surface area contributed by atoms with Crippen LogP contribution in [0.15, 0.2) is 36.9 Å². The highest BCUT2D eigenvalue weighted by atomic mass is 16.5. The Balaban J connectivity index is 2.11. The summed E-state index contributed by atoms with van der Waals surface area (Å²) in [7, 11) is 1.68. The maximum Gasteiger partial charge on any atom is 0.119 e. The van der Waals surface area contributed by atoms with Crippen molar-refractivity contribution in [2.45, 2.75) is 6.04 Å². The molecule has 1 aromatic rings. The summed E-state index contributed by atoms with van der Waals surface area (Å²) in [4.78, 5) is 2.28. The average molecular weight is 175 g/mol. The molecule has 0 aliphatic carbocycles. The standard InChI is InChI=1S/C11H13NO/c1-3-9-8-12(9)10-4-6-11(13-2)7-5-10/h3-7,9H,1,8H2,2H3. The van der Waals surface area contributed by atoms with Crippen LogP contribution in [0.4, 0.5) is 5.69 Å². The van der Waals surface area contributed by atoms with Crippen LogP contribution in [-0.4, -0.2) is 19.7 Å². The van der Waals surface area contributed by atoms with Crippen molar-refractivity contribution < 1.29 is 4.74 Å². The van der Waals surface area contributed by atoms with Crippen LogP contribution in [0, 0.1) is 0 Å². The van der Waals surface area contributed by atoms with E-state index in [2.05, 4.69) is 23.6 Å². The van der Waals surface area contributed by atoms with E-state index in [1.54, 1.807) is 7.11 Å². The highest BCUT2D eigenvalue weighted by Gasteiger charge is 2.30. The molecule has 1 aliphatic rings. The Kier molecular flexibility index (Phi) is 1.97. The van der Waals surface area contributed by atoms with Crippen LogP contribution in [0.5, 0.6) is 5.75 Å². The first-order valence-electron chi connectivity index (χ1n) is 4.38. The quantitative estimate of drug-likeness (QED) is 0.515. The van der Waals surface area contributed by atoms with Crippen molar-refractivity contribution in [1.82, 2.24) is 0 Å². The Labute approximate surface area is 78.4 Å². The van der Waals surface area contributed by atoms with Gasteiger partial charge >= 0.3 is 0 Å². The molecule has 0 saturated carbocycles. The Morgan fingerprint density at radius 3 is 2.62 bits per heavy atom. The maximum atomic E-state index is 5.08. The topological polar surface area (TPSA) is 12.2 Å². The summed E-state index contributed by atoms with van der Waals surface area (Å²) in [6.45, 7) is 4.86. The van der Waals surface area contributed by atoms with Gasteiger partial charge in [-0.1, -0.05) is 6.08 Å². The Hall–Kier alpha value is -1.44. The molecule has 1 fully saturated rings. The number of benzene rings is 1. The molecular formula is C11H13NO. The van der Waals surface area contributed by atoms with Crippen LogP contribution >= 0.6 is 0 Å². The first kappa shape index (κ1) is 8.17. The van der Waals surface area contributed by atoms with E-state index in [9.17, 15) is 0 Å². The molecule has 0 N–H and O–H groups in total. The molecule has 1 aromatic carbocycles. The number of rotatable bonds is 3. The fourth-order valence-electron chi connectivity index (χ4n) is 1.43. The molecule has 0 amide bonds. The van der Waals surface area contributed by atoms with Gasteiger partial charge in [0.15, 0.2) is 0 Å². The average Bonchev–Trinajstić information content (AvgIpc) is 2.97. The van der Waals surface area contributed by atoms with E-state index in [1.807, 2.05) is 18.2 Å². The summed E-state index contributed by atoms with van der Waals surface area (Å²) in [5.41, 5.74) is 1.24. The normalized spacial score (nSPS) is 19.8. The second-order valence-corrected chi connectivity index (χ2v) is 3.15. The van der Waals surface area contributed by atoms with Crippen molar-refractivity contribution in [3.63, 3.8) is 0 Å². The zero-order valence-corrected chi connectivity index (χ0v) is 7.73. The van der Waals surface area contributed by atoms with Crippen molar-refractivity contribution in [1.29, 1.82) is 0 Å². The van der Waals surface area contributed by atoms with Crippen molar-refractivity contribution >= 4 is 5.69 Å². The molecular weight excluding hydrogens is 162 g/mol. The van der Waals surface area contributed by atoms with Crippen LogP contribution in [0.2, 0.25) is 0 Å². The van der Waals surface area contributed by atoms with Gasteiger partial charge in [0.2, 0.25) is 0 Å². The van der Waals surface area contributed by atoms with Gasteiger partial charge in [-0.25, -0.2) is 0 Å². The summed E-state index contributed by atoms with van der Waals surface area (Å²) in [5, 5.41) is 0. The van der Waals surface area contributed by atoms with Crippen LogP contribution in [0.3, 0.4) is 0 Å². The minimum absolute atomic E-state index is 0.536. The molecule has 1 atom stereocenters. The van der Waals surface area contributed by atoms with Crippen LogP contribution in [0.1, 0.15) is 0 Å². The summed E-state index contributed by atoms with van der Waals surface area (Å²) in [5.74, 6) is 0.903. The van der Waals surface area contributed by atoms with Crippen LogP contribution in [0.25, 0.3) is 0 Å². The molecule has 1 unspecified atom stereocenters. The second-order valence-electron chi connectivity index (χ2n) is 3.15. The smallest absolute Gasteiger partial charge is 0.119 e. The summed E-state index contributed by atoms with van der Waals surface area (Å²) in [6, 6.07) is 8.64. The highest BCUT2D eigenvalue weighted by molar-refractivity contribution is 5.56. The number of hydrogen-bond donors (Lipinski definition) is 0. The van der Waals surface area contributed by atoms with Crippen molar-refractivity contribution in [3.05, 3.63) is 36.9 Å². The second kappa shape index (κ2) is 3.13. The maximum absolute atomic E-state index is 5.08. The SMILES string of the molecule is C=CC1CN1c1ccc(OC)cc1. The Morgan fingerprint density at radius 1 is 1.46 bits per heavy atom. The van der Waals surface area contributed by atoms with Gasteiger partial charge in [0.05, 0.1) is 13.2 Å². The third-order valence-electron chi connectivity index (χ3n) is 2.33. The molecule has 1 heterocycles. The predicted octanol–water partition coefficient (Wildman–Crippen LogP) is 2.07. The van der Waals surface area contributed by atoms with E-state index in [0.717, 1.165) is 12.3 Å². The van der Waals surface area contributed by atoms with Gasteiger partial charge in [-0.3, -0.25) is 0 Å². The van der Waals surface area contributed by atoms with Gasteiger partial charge < -0.3 is 9.64 Å². The zero-order chi connectivity index (χ0) is 9.26. The minimum atomic E-state index is 0.536. The number of methoxy groups -OCH3 is 1. The molecule has 0 aromatic heterocycles. The number of nitrogens with zero attached hydrogens (tertiary/aromatic N) is 1. The fraction of sp³-hybridized carbons (Fsp3) is 0.273. The van der Waals surface area contributed by atoms with Gasteiger partial charge in [0.1, 0.15) is 5.75 Å². The van der Waals surface area contributed by atoms with Gasteiger partial charge in [-0.05, 0) is 24.3 Å². The summed E-state index contributed by atoms with van der Waals surface area (Å²) < 4.78 is 5.08. The molecule has 0 spiro atoms. The van der Waals surface area contributed by atoms with Crippen molar-refractivity contribution in [2.24, 2.45) is 0 Å². The van der Waals surface area contributed by atoms with Gasteiger partial charge in [-0.2, -0.15) is 0 Å². The fourth-order valence-corrected chi connectivity index (χ4v) is 1.43. The number of anilines is 1. The van der Waals surface area contributed by atoms with E-state index in [-0.39, 0.29) is 0 Å². The largest absolute Gasteiger partial charge is 0.497 e. The molecule has 68 valence electrons. The van der Waals surface area contributed by atoms with Crippen LogP contribution in [-0.2, 0) is 0 Å². The van der Waals surface area contributed by atoms with E-state index >= 15 is 0 Å². The lowest BCUT2D eigenvalue weighted by molar-refractivity contribution is 0.415. The third-order valence-corrected chi connectivity index (χ3v) is 2.33. The molecule has 0 radical (unpaired) electrons. The molecule has 2 nitrogen and oxygen atoms in total. The van der Waals surface area contributed by atoms with Crippen LogP contribution < -0.4 is 9.64 Å². The van der Waals surface area contributed by atoms with Crippen molar-refractivity contribution in [3.8, 4) is 5.75 Å². The number of ether oxygens (including phenoxy) is 1. The van der Waals surface area contributed by atoms with Crippen molar-refractivity contribution in [2.75, 3.05) is 18.6 Å². The zero-order valence-electron chi connectivity index (χ0n) is 7.73. The highest BCUT2D eigenvalue weighted by Crippen LogP contribution is 2.29. The van der Waals surface area contributed by atoms with E-state index in [1.165, 1.54) is 5.69 Å². The minimum Gasteiger partial charge on any atom is -0.497 e. The molecule has 1 aliphatic heterocycles. The lowest BCUT2D eigenvalue weighted by Crippen LogP contribution is -1.95. The van der Waals surface area contributed by atoms with Gasteiger partial charge in [0.25, 0.3) is 0 Å². The molecule has 2 heteroatoms. The van der Waals surface area contributed by atoms with E-state index in [0.29, 0.717) is 6.04 Å². The third kappa shape index (κ3) is 1.52. The van der Waals surface area contributed by atoms with E-state index in [4.69, 9.17) is 4.74 Å². The monoisotopic (exact) mass is 175 g/mol. The Bertz CT molecular complexity index is 304. The molecule has 13 heavy (non-hydrogen) atoms. The van der Waals surface area contributed by atoms with E-state index < -0.39 is 0 Å². The lowest BCUT2D eigenvalue weighted by Gasteiger charge is -2.04. The Morgan fingerprint density at radius 2 is 2.15 bits per heavy atom. The van der Waals surface area contributed by atoms with Gasteiger partial charge in [-0.15, -0.1) is 6.58 Å². The summed E-state index contributed by atoms with van der Waals surface area (Å²) >= 11 is 0. The molecule has 0 bridgehead atoms. The molecule has 1 saturated heterocycles. The predicted molar refractivity (Wildman–Crippen MR) is 54.3 cm³/mol. The van der Waals surface area contributed by atoms with Gasteiger partial charge in [0, 0.05) is 12.2 Å². The first-order valence-corrected chi connectivity index (χ1v) is 4.38.